The highest BCUT2D eigenvalue weighted by molar-refractivity contribution is 6.35. The van der Waals surface area contributed by atoms with E-state index in [-0.39, 0.29) is 25.6 Å². The molecule has 2 fully saturated rings. The van der Waals surface area contributed by atoms with Crippen molar-refractivity contribution in [3.8, 4) is 5.75 Å². The predicted octanol–water partition coefficient (Wildman–Crippen LogP) is 0.954. The summed E-state index contributed by atoms with van der Waals surface area (Å²) in [5, 5.41) is 0. The number of piperidine rings is 1. The van der Waals surface area contributed by atoms with Crippen LogP contribution in [0.1, 0.15) is 19.3 Å². The van der Waals surface area contributed by atoms with E-state index >= 15 is 0 Å². The molecule has 0 saturated carbocycles. The van der Waals surface area contributed by atoms with E-state index in [9.17, 15) is 14.0 Å². The van der Waals surface area contributed by atoms with Crippen LogP contribution in [0.3, 0.4) is 0 Å². The van der Waals surface area contributed by atoms with Crippen molar-refractivity contribution in [2.24, 2.45) is 5.73 Å². The van der Waals surface area contributed by atoms with Crippen LogP contribution < -0.4 is 10.5 Å². The molecule has 6 nitrogen and oxygen atoms in total. The first-order valence-electron chi connectivity index (χ1n) is 8.73. The van der Waals surface area contributed by atoms with Gasteiger partial charge in [-0.25, -0.2) is 4.39 Å². The molecule has 0 unspecified atom stereocenters. The number of likely N-dealkylation sites (tertiary alicyclic amines) is 2. The van der Waals surface area contributed by atoms with Gasteiger partial charge in [-0.1, -0.05) is 18.2 Å². The Hall–Kier alpha value is -2.15. The van der Waals surface area contributed by atoms with E-state index in [0.29, 0.717) is 13.2 Å². The molecule has 0 aromatic heterocycles. The Kier molecular flexibility index (Phi) is 5.53. The van der Waals surface area contributed by atoms with E-state index in [1.54, 1.807) is 4.90 Å². The molecule has 0 bridgehead atoms. The van der Waals surface area contributed by atoms with Gasteiger partial charge in [-0.05, 0) is 31.4 Å². The summed E-state index contributed by atoms with van der Waals surface area (Å²) < 4.78 is 19.2. The quantitative estimate of drug-likeness (QED) is 0.825. The van der Waals surface area contributed by atoms with Crippen LogP contribution in [0.5, 0.6) is 5.75 Å². The Labute approximate surface area is 146 Å². The number of hydrogen-bond donors (Lipinski definition) is 1. The molecular formula is C18H24FN3O3. The third-order valence-corrected chi connectivity index (χ3v) is 4.86. The smallest absolute Gasteiger partial charge is 0.312 e. The molecule has 3 atom stereocenters. The summed E-state index contributed by atoms with van der Waals surface area (Å²) in [5.41, 5.74) is 5.69. The SMILES string of the molecule is N[C@@H]1CN(C(=O)C(=O)N2CCC[C@@H]2COc2ccccc2)CC[C@H]1F. The fourth-order valence-electron chi connectivity index (χ4n) is 3.38. The fraction of sp³-hybridized carbons (Fsp3) is 0.556. The maximum absolute atomic E-state index is 13.5. The Morgan fingerprint density at radius 2 is 1.92 bits per heavy atom. The summed E-state index contributed by atoms with van der Waals surface area (Å²) in [5.74, 6) is -0.387. The largest absolute Gasteiger partial charge is 0.491 e. The molecule has 2 saturated heterocycles. The lowest BCUT2D eigenvalue weighted by atomic mass is 10.0. The number of ether oxygens (including phenoxy) is 1. The standard InChI is InChI=1S/C18H24FN3O3/c19-15-8-10-21(11-16(15)20)17(23)18(24)22-9-4-5-13(22)12-25-14-6-2-1-3-7-14/h1-3,6-7,13,15-16H,4-5,8-12,20H2/t13-,15-,16-/m1/s1. The molecule has 3 rings (SSSR count). The molecule has 0 radical (unpaired) electrons. The van der Waals surface area contributed by atoms with Crippen molar-refractivity contribution in [3.05, 3.63) is 30.3 Å². The van der Waals surface area contributed by atoms with Crippen LogP contribution in [0.2, 0.25) is 0 Å². The van der Waals surface area contributed by atoms with Gasteiger partial charge in [0, 0.05) is 19.6 Å². The van der Waals surface area contributed by atoms with Gasteiger partial charge in [0.1, 0.15) is 18.5 Å². The van der Waals surface area contributed by atoms with Gasteiger partial charge in [-0.2, -0.15) is 0 Å². The van der Waals surface area contributed by atoms with E-state index in [1.807, 2.05) is 30.3 Å². The second-order valence-corrected chi connectivity index (χ2v) is 6.64. The molecule has 136 valence electrons. The van der Waals surface area contributed by atoms with E-state index in [1.165, 1.54) is 4.90 Å². The zero-order chi connectivity index (χ0) is 17.8. The summed E-state index contributed by atoms with van der Waals surface area (Å²) in [6, 6.07) is 8.54. The first kappa shape index (κ1) is 17.7. The summed E-state index contributed by atoms with van der Waals surface area (Å²) in [6.07, 6.45) is 0.713. The number of rotatable bonds is 3. The van der Waals surface area contributed by atoms with Crippen LogP contribution in [-0.2, 0) is 9.59 Å². The lowest BCUT2D eigenvalue weighted by molar-refractivity contribution is -0.153. The summed E-state index contributed by atoms with van der Waals surface area (Å²) in [4.78, 5) is 28.0. The second-order valence-electron chi connectivity index (χ2n) is 6.64. The maximum atomic E-state index is 13.5. The molecular weight excluding hydrogens is 325 g/mol. The number of carbonyl (C=O) groups is 2. The summed E-state index contributed by atoms with van der Waals surface area (Å²) in [6.45, 7) is 1.22. The number of hydrogen-bond acceptors (Lipinski definition) is 4. The summed E-state index contributed by atoms with van der Waals surface area (Å²) in [7, 11) is 0. The number of amides is 2. The number of alkyl halides is 1. The lowest BCUT2D eigenvalue weighted by Gasteiger charge is -2.34. The second kappa shape index (κ2) is 7.82. The van der Waals surface area contributed by atoms with Crippen molar-refractivity contribution in [2.45, 2.75) is 37.5 Å². The van der Waals surface area contributed by atoms with E-state index in [0.717, 1.165) is 18.6 Å². The zero-order valence-electron chi connectivity index (χ0n) is 14.1. The normalized spacial score (nSPS) is 26.6. The van der Waals surface area contributed by atoms with Crippen LogP contribution in [0.4, 0.5) is 4.39 Å². The molecule has 25 heavy (non-hydrogen) atoms. The van der Waals surface area contributed by atoms with Crippen molar-refractivity contribution in [1.82, 2.24) is 9.80 Å². The molecule has 1 aromatic rings. The third-order valence-electron chi connectivity index (χ3n) is 4.86. The van der Waals surface area contributed by atoms with Crippen molar-refractivity contribution in [1.29, 1.82) is 0 Å². The highest BCUT2D eigenvalue weighted by atomic mass is 19.1. The number of para-hydroxylation sites is 1. The molecule has 2 aliphatic rings. The number of halogens is 1. The lowest BCUT2D eigenvalue weighted by Crippen LogP contribution is -2.56. The van der Waals surface area contributed by atoms with Gasteiger partial charge in [0.05, 0.1) is 12.1 Å². The first-order chi connectivity index (χ1) is 12.1. The van der Waals surface area contributed by atoms with Gasteiger partial charge in [0.15, 0.2) is 0 Å². The number of nitrogens with two attached hydrogens (primary N) is 1. The Bertz CT molecular complexity index is 613. The molecule has 1 aromatic carbocycles. The molecule has 2 amide bonds. The van der Waals surface area contributed by atoms with Gasteiger partial charge in [0.2, 0.25) is 0 Å². The number of nitrogens with zero attached hydrogens (tertiary/aromatic N) is 2. The average molecular weight is 349 g/mol. The Morgan fingerprint density at radius 1 is 1.16 bits per heavy atom. The van der Waals surface area contributed by atoms with Crippen LogP contribution in [0.25, 0.3) is 0 Å². The minimum absolute atomic E-state index is 0.0881. The van der Waals surface area contributed by atoms with Gasteiger partial charge >= 0.3 is 11.8 Å². The van der Waals surface area contributed by atoms with Gasteiger partial charge < -0.3 is 20.3 Å². The van der Waals surface area contributed by atoms with Crippen LogP contribution in [-0.4, -0.2) is 66.1 Å². The molecule has 0 aliphatic carbocycles. The molecule has 0 spiro atoms. The van der Waals surface area contributed by atoms with Crippen molar-refractivity contribution < 1.29 is 18.7 Å². The Balaban J connectivity index is 1.57. The van der Waals surface area contributed by atoms with Crippen LogP contribution in [0, 0.1) is 0 Å². The van der Waals surface area contributed by atoms with Gasteiger partial charge in [-0.15, -0.1) is 0 Å². The highest BCUT2D eigenvalue weighted by Gasteiger charge is 2.37. The van der Waals surface area contributed by atoms with E-state index < -0.39 is 24.0 Å². The summed E-state index contributed by atoms with van der Waals surface area (Å²) >= 11 is 0. The number of carbonyl (C=O) groups excluding carboxylic acids is 2. The van der Waals surface area contributed by atoms with Crippen molar-refractivity contribution >= 4 is 11.8 Å². The minimum Gasteiger partial charge on any atom is -0.491 e. The van der Waals surface area contributed by atoms with E-state index in [2.05, 4.69) is 0 Å². The minimum atomic E-state index is -1.11. The molecule has 7 heteroatoms. The fourth-order valence-corrected chi connectivity index (χ4v) is 3.38. The molecule has 2 aliphatic heterocycles. The molecule has 2 N–H and O–H groups in total. The van der Waals surface area contributed by atoms with Crippen LogP contribution in [0.15, 0.2) is 30.3 Å². The highest BCUT2D eigenvalue weighted by Crippen LogP contribution is 2.21. The maximum Gasteiger partial charge on any atom is 0.312 e. The van der Waals surface area contributed by atoms with E-state index in [4.69, 9.17) is 10.5 Å². The monoisotopic (exact) mass is 349 g/mol. The molecule has 2 heterocycles. The van der Waals surface area contributed by atoms with Gasteiger partial charge in [0.25, 0.3) is 0 Å². The predicted molar refractivity (Wildman–Crippen MR) is 90.7 cm³/mol. The number of benzene rings is 1. The first-order valence-corrected chi connectivity index (χ1v) is 8.73. The third kappa shape index (κ3) is 4.10. The van der Waals surface area contributed by atoms with Gasteiger partial charge in [-0.3, -0.25) is 9.59 Å². The Morgan fingerprint density at radius 3 is 2.64 bits per heavy atom. The topological polar surface area (TPSA) is 75.9 Å². The van der Waals surface area contributed by atoms with Crippen LogP contribution >= 0.6 is 0 Å². The zero-order valence-corrected chi connectivity index (χ0v) is 14.1. The van der Waals surface area contributed by atoms with Crippen molar-refractivity contribution in [3.63, 3.8) is 0 Å². The average Bonchev–Trinajstić information content (AvgIpc) is 3.10. The van der Waals surface area contributed by atoms with Crippen molar-refractivity contribution in [2.75, 3.05) is 26.2 Å².